The lowest BCUT2D eigenvalue weighted by Crippen LogP contribution is -2.58. The van der Waals surface area contributed by atoms with E-state index in [4.69, 9.17) is 28.7 Å². The van der Waals surface area contributed by atoms with Gasteiger partial charge in [0, 0.05) is 41.1 Å². The fraction of sp³-hybridized carbons (Fsp3) is 0.382. The Morgan fingerprint density at radius 1 is 0.692 bits per heavy atom. The molecule has 1 heterocycles. The largest absolute Gasteiger partial charge is 0.370 e. The highest BCUT2D eigenvalue weighted by atomic mass is 127. The number of amides is 5. The van der Waals surface area contributed by atoms with E-state index >= 15 is 0 Å². The Morgan fingerprint density at radius 3 is 1.77 bits per heavy atom. The van der Waals surface area contributed by atoms with E-state index in [0.717, 1.165) is 24.8 Å². The number of nitrogens with one attached hydrogen (secondary N) is 4. The number of nitrogens with two attached hydrogens (primary N) is 5. The van der Waals surface area contributed by atoms with Gasteiger partial charge in [-0.05, 0) is 88.4 Å². The SMILES string of the molecule is CC(=O)N[C@@H](CCCN=C(N)N)C(=O)N[C@@H](CCCN=C(N)N)C(=O)N[C@H](Cc1ccc(I)cc1)C(=O)N[C@@H](Cc1csc2ccccc12)C(N)=O. The van der Waals surface area contributed by atoms with Gasteiger partial charge in [-0.2, -0.15) is 0 Å². The third-order valence-electron chi connectivity index (χ3n) is 7.85. The molecule has 0 saturated heterocycles. The first-order valence-corrected chi connectivity index (χ1v) is 18.5. The highest BCUT2D eigenvalue weighted by Gasteiger charge is 2.31. The summed E-state index contributed by atoms with van der Waals surface area (Å²) in [5.74, 6) is -3.38. The maximum Gasteiger partial charge on any atom is 0.243 e. The molecule has 280 valence electrons. The van der Waals surface area contributed by atoms with E-state index in [0.29, 0.717) is 6.42 Å². The van der Waals surface area contributed by atoms with Crippen LogP contribution in [0.25, 0.3) is 10.1 Å². The minimum Gasteiger partial charge on any atom is -0.370 e. The summed E-state index contributed by atoms with van der Waals surface area (Å²) >= 11 is 3.67. The van der Waals surface area contributed by atoms with Crippen molar-refractivity contribution in [2.75, 3.05) is 13.1 Å². The van der Waals surface area contributed by atoms with Crippen LogP contribution in [-0.2, 0) is 36.8 Å². The van der Waals surface area contributed by atoms with Gasteiger partial charge in [-0.15, -0.1) is 11.3 Å². The summed E-state index contributed by atoms with van der Waals surface area (Å²) in [6.45, 7) is 1.65. The first-order chi connectivity index (χ1) is 24.7. The zero-order chi connectivity index (χ0) is 38.2. The molecule has 0 fully saturated rings. The molecule has 14 N–H and O–H groups in total. The number of guanidine groups is 2. The van der Waals surface area contributed by atoms with Crippen LogP contribution in [0.3, 0.4) is 0 Å². The molecule has 18 heteroatoms. The number of aliphatic imine (C=N–C) groups is 2. The molecule has 2 aromatic carbocycles. The molecule has 0 bridgehead atoms. The van der Waals surface area contributed by atoms with E-state index < -0.39 is 53.7 Å². The van der Waals surface area contributed by atoms with Gasteiger partial charge in [0.1, 0.15) is 24.2 Å². The molecule has 0 saturated carbocycles. The van der Waals surface area contributed by atoms with Crippen molar-refractivity contribution >= 4 is 85.5 Å². The number of carbonyl (C=O) groups excluding carboxylic acids is 5. The van der Waals surface area contributed by atoms with Gasteiger partial charge in [0.05, 0.1) is 0 Å². The van der Waals surface area contributed by atoms with Crippen molar-refractivity contribution in [2.45, 2.75) is 69.6 Å². The van der Waals surface area contributed by atoms with Gasteiger partial charge in [-0.1, -0.05) is 30.3 Å². The number of hydrogen-bond donors (Lipinski definition) is 9. The van der Waals surface area contributed by atoms with Crippen molar-refractivity contribution < 1.29 is 24.0 Å². The van der Waals surface area contributed by atoms with E-state index in [1.807, 2.05) is 53.9 Å². The van der Waals surface area contributed by atoms with Crippen molar-refractivity contribution in [1.82, 2.24) is 21.3 Å². The zero-order valence-electron chi connectivity index (χ0n) is 28.8. The molecule has 0 spiro atoms. The molecule has 0 radical (unpaired) electrons. The van der Waals surface area contributed by atoms with E-state index in [-0.39, 0.29) is 57.1 Å². The van der Waals surface area contributed by atoms with Gasteiger partial charge in [-0.25, -0.2) is 0 Å². The minimum absolute atomic E-state index is 0.0648. The molecule has 0 unspecified atom stereocenters. The highest BCUT2D eigenvalue weighted by Crippen LogP contribution is 2.26. The Morgan fingerprint density at radius 2 is 1.21 bits per heavy atom. The number of nitrogens with zero attached hydrogens (tertiary/aromatic N) is 2. The average molecular weight is 848 g/mol. The fourth-order valence-electron chi connectivity index (χ4n) is 5.31. The van der Waals surface area contributed by atoms with Crippen molar-refractivity contribution in [3.05, 3.63) is 68.6 Å². The normalized spacial score (nSPS) is 13.1. The summed E-state index contributed by atoms with van der Waals surface area (Å²) in [6.07, 6.45) is 1.12. The van der Waals surface area contributed by atoms with E-state index in [2.05, 4.69) is 53.8 Å². The molecule has 0 aliphatic rings. The quantitative estimate of drug-likeness (QED) is 0.0316. The molecule has 4 atom stereocenters. The van der Waals surface area contributed by atoms with E-state index in [1.54, 1.807) is 0 Å². The van der Waals surface area contributed by atoms with Crippen molar-refractivity contribution in [3.63, 3.8) is 0 Å². The Labute approximate surface area is 319 Å². The molecular formula is C34H46IN11O5S. The molecule has 3 aromatic rings. The summed E-state index contributed by atoms with van der Waals surface area (Å²) in [5, 5.41) is 13.7. The number of thiophene rings is 1. The molecule has 0 aliphatic carbocycles. The molecule has 52 heavy (non-hydrogen) atoms. The second kappa shape index (κ2) is 20.8. The maximum absolute atomic E-state index is 14.0. The molecule has 16 nitrogen and oxygen atoms in total. The van der Waals surface area contributed by atoms with Crippen LogP contribution >= 0.6 is 33.9 Å². The number of hydrogen-bond acceptors (Lipinski definition) is 8. The number of primary amides is 1. The van der Waals surface area contributed by atoms with Crippen LogP contribution in [0.5, 0.6) is 0 Å². The molecular weight excluding hydrogens is 801 g/mol. The van der Waals surface area contributed by atoms with Gasteiger partial charge >= 0.3 is 0 Å². The second-order valence-electron chi connectivity index (χ2n) is 12.0. The predicted molar refractivity (Wildman–Crippen MR) is 211 cm³/mol. The fourth-order valence-corrected chi connectivity index (χ4v) is 6.64. The van der Waals surface area contributed by atoms with E-state index in [9.17, 15) is 24.0 Å². The molecule has 1 aromatic heterocycles. The summed E-state index contributed by atoms with van der Waals surface area (Å²) in [7, 11) is 0. The Kier molecular flexibility index (Phi) is 16.5. The number of benzene rings is 2. The van der Waals surface area contributed by atoms with Crippen LogP contribution in [0.15, 0.2) is 63.9 Å². The van der Waals surface area contributed by atoms with Crippen molar-refractivity contribution in [3.8, 4) is 0 Å². The topological polar surface area (TPSA) is 288 Å². The predicted octanol–water partition coefficient (Wildman–Crippen LogP) is -0.157. The summed E-state index contributed by atoms with van der Waals surface area (Å²) in [5.41, 5.74) is 29.1. The van der Waals surface area contributed by atoms with Crippen molar-refractivity contribution in [2.24, 2.45) is 38.7 Å². The van der Waals surface area contributed by atoms with Crippen LogP contribution in [0.2, 0.25) is 0 Å². The van der Waals surface area contributed by atoms with Gasteiger partial charge in [-0.3, -0.25) is 34.0 Å². The van der Waals surface area contributed by atoms with Crippen molar-refractivity contribution in [1.29, 1.82) is 0 Å². The number of carbonyl (C=O) groups is 5. The van der Waals surface area contributed by atoms with Crippen LogP contribution in [0.1, 0.15) is 43.7 Å². The first kappa shape index (κ1) is 41.4. The monoisotopic (exact) mass is 847 g/mol. The lowest BCUT2D eigenvalue weighted by atomic mass is 10.0. The summed E-state index contributed by atoms with van der Waals surface area (Å²) in [4.78, 5) is 73.8. The Hall–Kier alpha value is -4.98. The van der Waals surface area contributed by atoms with E-state index in [1.165, 1.54) is 18.3 Å². The average Bonchev–Trinajstić information content (AvgIpc) is 3.49. The van der Waals surface area contributed by atoms with Gasteiger partial charge in [0.25, 0.3) is 0 Å². The Bertz CT molecular complexity index is 1760. The highest BCUT2D eigenvalue weighted by molar-refractivity contribution is 14.1. The third-order valence-corrected chi connectivity index (χ3v) is 9.58. The van der Waals surface area contributed by atoms with Gasteiger partial charge in [0.2, 0.25) is 29.5 Å². The lowest BCUT2D eigenvalue weighted by Gasteiger charge is -2.26. The van der Waals surface area contributed by atoms with Crippen LogP contribution in [0.4, 0.5) is 0 Å². The van der Waals surface area contributed by atoms with Gasteiger partial charge in [0.15, 0.2) is 11.9 Å². The summed E-state index contributed by atoms with van der Waals surface area (Å²) < 4.78 is 2.00. The smallest absolute Gasteiger partial charge is 0.243 e. The number of rotatable bonds is 20. The first-order valence-electron chi connectivity index (χ1n) is 16.5. The molecule has 0 aliphatic heterocycles. The molecule has 5 amide bonds. The lowest BCUT2D eigenvalue weighted by molar-refractivity contribution is -0.134. The number of fused-ring (bicyclic) bond motifs is 1. The van der Waals surface area contributed by atoms with Crippen LogP contribution in [-0.4, -0.2) is 78.7 Å². The minimum atomic E-state index is -1.17. The van der Waals surface area contributed by atoms with Crippen LogP contribution in [0, 0.1) is 3.57 Å². The van der Waals surface area contributed by atoms with Crippen LogP contribution < -0.4 is 49.9 Å². The Balaban J connectivity index is 1.86. The standard InChI is InChI=1S/C34H46IN11O5S/c1-19(47)43-24(7-4-14-41-33(37)38)30(49)44-25(8-5-15-42-34(39)40)31(50)46-27(16-20-10-12-22(35)13-11-20)32(51)45-26(29(36)48)17-21-18-52-28-9-3-2-6-23(21)28/h2-3,6,9-13,18,24-27H,4-5,7-8,14-17H2,1H3,(H2,36,48)(H,43,47)(H,44,49)(H,45,51)(H,46,50)(H4,37,38,41)(H4,39,40,42)/t24-,25-,26-,27+/m0/s1. The maximum atomic E-state index is 14.0. The summed E-state index contributed by atoms with van der Waals surface area (Å²) in [6, 6.07) is 10.7. The molecule has 3 rings (SSSR count). The second-order valence-corrected chi connectivity index (χ2v) is 14.2. The third kappa shape index (κ3) is 14.0. The van der Waals surface area contributed by atoms with Gasteiger partial charge < -0.3 is 49.9 Å². The number of halogens is 1. The zero-order valence-corrected chi connectivity index (χ0v) is 31.7.